The summed E-state index contributed by atoms with van der Waals surface area (Å²) in [5, 5.41) is 9.12. The summed E-state index contributed by atoms with van der Waals surface area (Å²) in [7, 11) is 1.53. The van der Waals surface area contributed by atoms with E-state index in [0.717, 1.165) is 0 Å². The zero-order chi connectivity index (χ0) is 20.1. The summed E-state index contributed by atoms with van der Waals surface area (Å²) in [6.07, 6.45) is 2.77. The molecule has 2 N–H and O–H groups in total. The molecule has 0 aliphatic heterocycles. The molecule has 0 unspecified atom stereocenters. The van der Waals surface area contributed by atoms with E-state index in [2.05, 4.69) is 20.5 Å². The van der Waals surface area contributed by atoms with Gasteiger partial charge in [0.05, 0.1) is 30.3 Å². The first-order valence-electron chi connectivity index (χ1n) is 8.13. The summed E-state index contributed by atoms with van der Waals surface area (Å²) in [4.78, 5) is 25.0. The topological polar surface area (TPSA) is 98.4 Å². The first-order valence-corrected chi connectivity index (χ1v) is 8.13. The summed E-state index contributed by atoms with van der Waals surface area (Å²) >= 11 is 0. The van der Waals surface area contributed by atoms with Gasteiger partial charge in [0.2, 0.25) is 0 Å². The molecule has 0 fully saturated rings. The molecule has 8 nitrogen and oxygen atoms in total. The lowest BCUT2D eigenvalue weighted by atomic mass is 10.2. The van der Waals surface area contributed by atoms with E-state index in [4.69, 9.17) is 4.42 Å². The van der Waals surface area contributed by atoms with Gasteiger partial charge >= 0.3 is 6.61 Å². The lowest BCUT2D eigenvalue weighted by molar-refractivity contribution is -0.0501. The minimum absolute atomic E-state index is 0.0900. The van der Waals surface area contributed by atoms with Gasteiger partial charge in [0.25, 0.3) is 11.8 Å². The fourth-order valence-electron chi connectivity index (χ4n) is 2.51. The fraction of sp³-hybridized carbons (Fsp3) is 0.167. The molecular formula is C18H16F2N4O4. The van der Waals surface area contributed by atoms with Crippen molar-refractivity contribution in [3.05, 3.63) is 65.9 Å². The van der Waals surface area contributed by atoms with Crippen LogP contribution in [-0.2, 0) is 13.6 Å². The number of aromatic nitrogens is 2. The van der Waals surface area contributed by atoms with Crippen molar-refractivity contribution in [3.8, 4) is 5.75 Å². The average Bonchev–Trinajstić information content (AvgIpc) is 3.29. The van der Waals surface area contributed by atoms with Crippen LogP contribution in [0.1, 0.15) is 26.6 Å². The molecule has 2 heterocycles. The van der Waals surface area contributed by atoms with Crippen LogP contribution in [0.25, 0.3) is 0 Å². The quantitative estimate of drug-likeness (QED) is 0.646. The van der Waals surface area contributed by atoms with Gasteiger partial charge in [0.1, 0.15) is 17.2 Å². The lowest BCUT2D eigenvalue weighted by Crippen LogP contribution is -2.26. The third-order valence-corrected chi connectivity index (χ3v) is 3.75. The van der Waals surface area contributed by atoms with Crippen LogP contribution in [0, 0.1) is 0 Å². The Balaban J connectivity index is 1.76. The number of carbonyl (C=O) groups is 2. The molecule has 0 spiro atoms. The van der Waals surface area contributed by atoms with Gasteiger partial charge in [0.15, 0.2) is 0 Å². The highest BCUT2D eigenvalue weighted by atomic mass is 19.3. The number of hydrogen-bond donors (Lipinski definition) is 2. The van der Waals surface area contributed by atoms with Gasteiger partial charge in [-0.2, -0.15) is 13.9 Å². The maximum absolute atomic E-state index is 12.5. The van der Waals surface area contributed by atoms with Crippen LogP contribution in [0.5, 0.6) is 5.75 Å². The molecule has 10 heteroatoms. The molecule has 28 heavy (non-hydrogen) atoms. The van der Waals surface area contributed by atoms with E-state index in [9.17, 15) is 18.4 Å². The first kappa shape index (κ1) is 19.1. The molecule has 0 atom stereocenters. The highest BCUT2D eigenvalue weighted by molar-refractivity contribution is 6.09. The van der Waals surface area contributed by atoms with Crippen LogP contribution in [0.15, 0.2) is 53.3 Å². The Hall–Kier alpha value is -3.69. The molecular weight excluding hydrogens is 374 g/mol. The third kappa shape index (κ3) is 4.34. The van der Waals surface area contributed by atoms with Gasteiger partial charge in [-0.3, -0.25) is 14.3 Å². The van der Waals surface area contributed by atoms with E-state index >= 15 is 0 Å². The first-order chi connectivity index (χ1) is 13.5. The Labute approximate surface area is 158 Å². The number of nitrogens with zero attached hydrogens (tertiary/aromatic N) is 2. The number of anilines is 1. The Morgan fingerprint density at radius 3 is 2.71 bits per heavy atom. The molecule has 3 rings (SSSR count). The second kappa shape index (κ2) is 8.33. The zero-order valence-corrected chi connectivity index (χ0v) is 14.7. The Morgan fingerprint density at radius 1 is 1.21 bits per heavy atom. The predicted octanol–water partition coefficient (Wildman–Crippen LogP) is 2.80. The molecule has 0 aliphatic carbocycles. The van der Waals surface area contributed by atoms with E-state index in [0.29, 0.717) is 5.76 Å². The smallest absolute Gasteiger partial charge is 0.387 e. The molecule has 146 valence electrons. The van der Waals surface area contributed by atoms with Crippen LogP contribution in [0.4, 0.5) is 14.5 Å². The summed E-state index contributed by atoms with van der Waals surface area (Å²) in [5.74, 6) is -0.935. The van der Waals surface area contributed by atoms with E-state index in [1.807, 2.05) is 0 Å². The van der Waals surface area contributed by atoms with Crippen molar-refractivity contribution in [1.82, 2.24) is 15.1 Å². The van der Waals surface area contributed by atoms with Crippen LogP contribution in [0.3, 0.4) is 0 Å². The number of amides is 2. The number of nitrogens with one attached hydrogen (secondary N) is 2. The van der Waals surface area contributed by atoms with Gasteiger partial charge < -0.3 is 19.8 Å². The van der Waals surface area contributed by atoms with Gasteiger partial charge in [0, 0.05) is 7.05 Å². The number of aryl methyl sites for hydroxylation is 1. The summed E-state index contributed by atoms with van der Waals surface area (Å²) in [6, 6.07) is 8.95. The molecule has 3 aromatic rings. The minimum Gasteiger partial charge on any atom is -0.467 e. The number of furan rings is 1. The van der Waals surface area contributed by atoms with Crippen molar-refractivity contribution in [2.75, 3.05) is 5.32 Å². The monoisotopic (exact) mass is 390 g/mol. The van der Waals surface area contributed by atoms with Gasteiger partial charge in [-0.1, -0.05) is 12.1 Å². The van der Waals surface area contributed by atoms with E-state index in [1.54, 1.807) is 12.1 Å². The van der Waals surface area contributed by atoms with Crippen LogP contribution < -0.4 is 15.4 Å². The summed E-state index contributed by atoms with van der Waals surface area (Å²) < 4.78 is 35.9. The number of ether oxygens (including phenoxy) is 1. The largest absolute Gasteiger partial charge is 0.467 e. The van der Waals surface area contributed by atoms with Crippen LogP contribution >= 0.6 is 0 Å². The second-order valence-electron chi connectivity index (χ2n) is 5.62. The average molecular weight is 390 g/mol. The molecule has 2 aromatic heterocycles. The number of rotatable bonds is 7. The molecule has 0 saturated carbocycles. The van der Waals surface area contributed by atoms with Gasteiger partial charge in [-0.25, -0.2) is 0 Å². The zero-order valence-electron chi connectivity index (χ0n) is 14.7. The van der Waals surface area contributed by atoms with E-state index in [-0.39, 0.29) is 29.2 Å². The molecule has 0 saturated heterocycles. The highest BCUT2D eigenvalue weighted by Crippen LogP contribution is 2.23. The van der Waals surface area contributed by atoms with Crippen molar-refractivity contribution in [2.45, 2.75) is 13.2 Å². The molecule has 0 radical (unpaired) electrons. The fourth-order valence-corrected chi connectivity index (χ4v) is 2.51. The Kier molecular flexibility index (Phi) is 5.68. The number of halogens is 2. The molecule has 0 aliphatic rings. The van der Waals surface area contributed by atoms with Crippen molar-refractivity contribution in [2.24, 2.45) is 7.05 Å². The number of hydrogen-bond acceptors (Lipinski definition) is 5. The molecule has 0 bridgehead atoms. The normalized spacial score (nSPS) is 10.7. The maximum atomic E-state index is 12.5. The van der Waals surface area contributed by atoms with E-state index in [1.165, 1.54) is 48.5 Å². The highest BCUT2D eigenvalue weighted by Gasteiger charge is 2.21. The number of para-hydroxylation sites is 1. The van der Waals surface area contributed by atoms with Crippen molar-refractivity contribution in [1.29, 1.82) is 0 Å². The van der Waals surface area contributed by atoms with Gasteiger partial charge in [-0.15, -0.1) is 0 Å². The molecule has 2 amide bonds. The number of alkyl halides is 2. The molecule has 1 aromatic carbocycles. The predicted molar refractivity (Wildman–Crippen MR) is 94.1 cm³/mol. The standard InChI is InChI=1S/C18H16F2N4O4/c1-24-15(17(26)21-9-11-5-4-8-27-11)13(10-22-24)23-16(25)12-6-2-3-7-14(12)28-18(19)20/h2-8,10,18H,9H2,1H3,(H,21,26)(H,23,25). The maximum Gasteiger partial charge on any atom is 0.387 e. The summed E-state index contributed by atoms with van der Waals surface area (Å²) in [6.45, 7) is -2.93. The van der Waals surface area contributed by atoms with Crippen molar-refractivity contribution in [3.63, 3.8) is 0 Å². The summed E-state index contributed by atoms with van der Waals surface area (Å²) in [5.41, 5.74) is 0.108. The SMILES string of the molecule is Cn1ncc(NC(=O)c2ccccc2OC(F)F)c1C(=O)NCc1ccco1. The Morgan fingerprint density at radius 2 is 2.00 bits per heavy atom. The minimum atomic E-state index is -3.07. The Bertz CT molecular complexity index is 970. The van der Waals surface area contributed by atoms with Crippen LogP contribution in [-0.4, -0.2) is 28.2 Å². The van der Waals surface area contributed by atoms with Crippen molar-refractivity contribution < 1.29 is 27.5 Å². The number of carbonyl (C=O) groups excluding carboxylic acids is 2. The third-order valence-electron chi connectivity index (χ3n) is 3.75. The van der Waals surface area contributed by atoms with E-state index < -0.39 is 18.4 Å². The van der Waals surface area contributed by atoms with Gasteiger partial charge in [-0.05, 0) is 24.3 Å². The van der Waals surface area contributed by atoms with Crippen LogP contribution in [0.2, 0.25) is 0 Å². The lowest BCUT2D eigenvalue weighted by Gasteiger charge is -2.11. The number of benzene rings is 1. The second-order valence-corrected chi connectivity index (χ2v) is 5.62. The van der Waals surface area contributed by atoms with Crippen molar-refractivity contribution >= 4 is 17.5 Å².